The van der Waals surface area contributed by atoms with Crippen LogP contribution in [-0.2, 0) is 4.79 Å². The van der Waals surface area contributed by atoms with Gasteiger partial charge in [-0.3, -0.25) is 4.79 Å². The molecule has 16 heavy (non-hydrogen) atoms. The molecule has 0 heterocycles. The summed E-state index contributed by atoms with van der Waals surface area (Å²) in [5, 5.41) is 11.8. The molecule has 0 radical (unpaired) electrons. The van der Waals surface area contributed by atoms with Crippen LogP contribution < -0.4 is 5.32 Å². The highest BCUT2D eigenvalue weighted by molar-refractivity contribution is 5.81. The number of nitriles is 1. The normalized spacial score (nSPS) is 19.3. The highest BCUT2D eigenvalue weighted by Crippen LogP contribution is 2.51. The van der Waals surface area contributed by atoms with Gasteiger partial charge in [0.05, 0.1) is 6.07 Å². The number of rotatable bonds is 5. The fraction of sp³-hybridized carbons (Fsp3) is 0.846. The zero-order chi connectivity index (χ0) is 12.3. The van der Waals surface area contributed by atoms with Crippen LogP contribution in [0.2, 0.25) is 0 Å². The molecule has 0 spiro atoms. The Labute approximate surface area is 98.2 Å². The number of carbonyl (C=O) groups excluding carboxylic acids is 1. The fourth-order valence-corrected chi connectivity index (χ4v) is 2.00. The van der Waals surface area contributed by atoms with Gasteiger partial charge in [-0.25, -0.2) is 0 Å². The standard InChI is InChI=1S/C13H22N2O/c1-9(2)11(7-14)12(16)15-8-13(5-6-13)10(3)4/h9-11H,5-6,8H2,1-4H3,(H,15,16). The average molecular weight is 222 g/mol. The van der Waals surface area contributed by atoms with Crippen LogP contribution >= 0.6 is 0 Å². The van der Waals surface area contributed by atoms with Crippen LogP contribution in [0.25, 0.3) is 0 Å². The summed E-state index contributed by atoms with van der Waals surface area (Å²) in [6.07, 6.45) is 2.40. The third-order valence-electron chi connectivity index (χ3n) is 3.82. The molecule has 1 atom stereocenters. The smallest absolute Gasteiger partial charge is 0.237 e. The average Bonchev–Trinajstić information content (AvgIpc) is 2.96. The van der Waals surface area contributed by atoms with E-state index in [2.05, 4.69) is 25.2 Å². The van der Waals surface area contributed by atoms with Gasteiger partial charge in [0.25, 0.3) is 0 Å². The van der Waals surface area contributed by atoms with Crippen molar-refractivity contribution in [2.24, 2.45) is 23.2 Å². The van der Waals surface area contributed by atoms with Crippen LogP contribution in [0.5, 0.6) is 0 Å². The molecule has 1 rings (SSSR count). The Kier molecular flexibility index (Phi) is 3.96. The quantitative estimate of drug-likeness (QED) is 0.776. The monoisotopic (exact) mass is 222 g/mol. The van der Waals surface area contributed by atoms with E-state index in [0.717, 1.165) is 6.54 Å². The Morgan fingerprint density at radius 1 is 1.38 bits per heavy atom. The molecule has 1 saturated carbocycles. The van der Waals surface area contributed by atoms with Crippen molar-refractivity contribution >= 4 is 5.91 Å². The molecule has 3 heteroatoms. The predicted molar refractivity (Wildman–Crippen MR) is 63.5 cm³/mol. The first-order valence-electron chi connectivity index (χ1n) is 6.10. The third-order valence-corrected chi connectivity index (χ3v) is 3.82. The van der Waals surface area contributed by atoms with Gasteiger partial charge in [-0.05, 0) is 30.1 Å². The molecule has 0 aromatic heterocycles. The lowest BCUT2D eigenvalue weighted by atomic mass is 9.91. The number of nitrogens with one attached hydrogen (secondary N) is 1. The largest absolute Gasteiger partial charge is 0.354 e. The Balaban J connectivity index is 2.44. The van der Waals surface area contributed by atoms with Crippen molar-refractivity contribution in [1.82, 2.24) is 5.32 Å². The maximum atomic E-state index is 11.8. The third kappa shape index (κ3) is 2.75. The Hall–Kier alpha value is -1.04. The van der Waals surface area contributed by atoms with Gasteiger partial charge >= 0.3 is 0 Å². The van der Waals surface area contributed by atoms with E-state index in [4.69, 9.17) is 5.26 Å². The maximum Gasteiger partial charge on any atom is 0.237 e. The van der Waals surface area contributed by atoms with Crippen LogP contribution in [0.1, 0.15) is 40.5 Å². The van der Waals surface area contributed by atoms with E-state index < -0.39 is 5.92 Å². The molecular weight excluding hydrogens is 200 g/mol. The number of hydrogen-bond acceptors (Lipinski definition) is 2. The first-order valence-corrected chi connectivity index (χ1v) is 6.10. The van der Waals surface area contributed by atoms with E-state index in [1.807, 2.05) is 13.8 Å². The minimum Gasteiger partial charge on any atom is -0.354 e. The summed E-state index contributed by atoms with van der Waals surface area (Å²) in [6, 6.07) is 2.08. The summed E-state index contributed by atoms with van der Waals surface area (Å²) >= 11 is 0. The molecule has 1 aliphatic rings. The van der Waals surface area contributed by atoms with E-state index in [1.165, 1.54) is 12.8 Å². The number of hydrogen-bond donors (Lipinski definition) is 1. The molecule has 1 N–H and O–H groups in total. The van der Waals surface area contributed by atoms with E-state index in [9.17, 15) is 4.79 Å². The van der Waals surface area contributed by atoms with Crippen LogP contribution in [0.4, 0.5) is 0 Å². The topological polar surface area (TPSA) is 52.9 Å². The van der Waals surface area contributed by atoms with Crippen LogP contribution in [0.15, 0.2) is 0 Å². The van der Waals surface area contributed by atoms with Crippen molar-refractivity contribution < 1.29 is 4.79 Å². The van der Waals surface area contributed by atoms with E-state index in [1.54, 1.807) is 0 Å². The lowest BCUT2D eigenvalue weighted by Crippen LogP contribution is -2.37. The minimum atomic E-state index is -0.511. The zero-order valence-corrected chi connectivity index (χ0v) is 10.7. The van der Waals surface area contributed by atoms with Crippen LogP contribution in [-0.4, -0.2) is 12.5 Å². The van der Waals surface area contributed by atoms with Crippen molar-refractivity contribution in [2.75, 3.05) is 6.54 Å². The second kappa shape index (κ2) is 4.86. The first kappa shape index (κ1) is 13.0. The molecule has 0 saturated heterocycles. The molecule has 0 aromatic carbocycles. The molecule has 0 bridgehead atoms. The van der Waals surface area contributed by atoms with Gasteiger partial charge in [-0.1, -0.05) is 27.7 Å². The Bertz CT molecular complexity index is 298. The highest BCUT2D eigenvalue weighted by atomic mass is 16.1. The lowest BCUT2D eigenvalue weighted by Gasteiger charge is -2.21. The maximum absolute atomic E-state index is 11.8. The van der Waals surface area contributed by atoms with E-state index in [0.29, 0.717) is 11.3 Å². The van der Waals surface area contributed by atoms with E-state index in [-0.39, 0.29) is 11.8 Å². The molecular formula is C13H22N2O. The van der Waals surface area contributed by atoms with Crippen molar-refractivity contribution in [2.45, 2.75) is 40.5 Å². The molecule has 90 valence electrons. The van der Waals surface area contributed by atoms with E-state index >= 15 is 0 Å². The summed E-state index contributed by atoms with van der Waals surface area (Å²) in [6.45, 7) is 8.94. The molecule has 0 aromatic rings. The number of nitrogens with zero attached hydrogens (tertiary/aromatic N) is 1. The Morgan fingerprint density at radius 3 is 2.25 bits per heavy atom. The number of amides is 1. The first-order chi connectivity index (χ1) is 7.43. The van der Waals surface area contributed by atoms with Crippen LogP contribution in [0.3, 0.4) is 0 Å². The van der Waals surface area contributed by atoms with Crippen molar-refractivity contribution in [3.63, 3.8) is 0 Å². The zero-order valence-electron chi connectivity index (χ0n) is 10.7. The lowest BCUT2D eigenvalue weighted by molar-refractivity contribution is -0.124. The predicted octanol–water partition coefficient (Wildman–Crippen LogP) is 2.33. The summed E-state index contributed by atoms with van der Waals surface area (Å²) < 4.78 is 0. The highest BCUT2D eigenvalue weighted by Gasteiger charge is 2.45. The fourth-order valence-electron chi connectivity index (χ4n) is 2.00. The molecule has 1 fully saturated rings. The van der Waals surface area contributed by atoms with Gasteiger partial charge in [0.15, 0.2) is 0 Å². The molecule has 0 aliphatic heterocycles. The molecule has 1 aliphatic carbocycles. The number of carbonyl (C=O) groups is 1. The van der Waals surface area contributed by atoms with Gasteiger partial charge in [-0.15, -0.1) is 0 Å². The molecule has 1 amide bonds. The van der Waals surface area contributed by atoms with Gasteiger partial charge < -0.3 is 5.32 Å². The SMILES string of the molecule is CC(C)C(C#N)C(=O)NCC1(C(C)C)CC1. The second-order valence-electron chi connectivity index (χ2n) is 5.59. The summed E-state index contributed by atoms with van der Waals surface area (Å²) in [5.74, 6) is 0.0685. The van der Waals surface area contributed by atoms with Crippen LogP contribution in [0, 0.1) is 34.5 Å². The van der Waals surface area contributed by atoms with Crippen molar-refractivity contribution in [3.8, 4) is 6.07 Å². The van der Waals surface area contributed by atoms with Gasteiger partial charge in [0.1, 0.15) is 5.92 Å². The molecule has 3 nitrogen and oxygen atoms in total. The van der Waals surface area contributed by atoms with Gasteiger partial charge in [0, 0.05) is 6.54 Å². The second-order valence-corrected chi connectivity index (χ2v) is 5.59. The summed E-state index contributed by atoms with van der Waals surface area (Å²) in [5.41, 5.74) is 0.312. The van der Waals surface area contributed by atoms with Gasteiger partial charge in [-0.2, -0.15) is 5.26 Å². The van der Waals surface area contributed by atoms with Crippen molar-refractivity contribution in [1.29, 1.82) is 5.26 Å². The summed E-state index contributed by atoms with van der Waals surface area (Å²) in [7, 11) is 0. The van der Waals surface area contributed by atoms with Gasteiger partial charge in [0.2, 0.25) is 5.91 Å². The Morgan fingerprint density at radius 2 is 1.94 bits per heavy atom. The summed E-state index contributed by atoms with van der Waals surface area (Å²) in [4.78, 5) is 11.8. The molecule has 1 unspecified atom stereocenters. The minimum absolute atomic E-state index is 0.0826. The van der Waals surface area contributed by atoms with Crippen molar-refractivity contribution in [3.05, 3.63) is 0 Å².